The summed E-state index contributed by atoms with van der Waals surface area (Å²) in [5, 5.41) is 17.0. The lowest BCUT2D eigenvalue weighted by atomic mass is 10.0. The highest BCUT2D eigenvalue weighted by Gasteiger charge is 2.14. The Morgan fingerprint density at radius 1 is 1.26 bits per heavy atom. The summed E-state index contributed by atoms with van der Waals surface area (Å²) in [6, 6.07) is 9.77. The lowest BCUT2D eigenvalue weighted by Crippen LogP contribution is -2.29. The molecule has 1 aromatic carbocycles. The van der Waals surface area contributed by atoms with Gasteiger partial charge in [-0.3, -0.25) is 4.79 Å². The average molecular weight is 315 g/mol. The van der Waals surface area contributed by atoms with Crippen LogP contribution in [0.3, 0.4) is 0 Å². The van der Waals surface area contributed by atoms with E-state index in [2.05, 4.69) is 10.4 Å². The number of carbonyl (C=O) groups excluding carboxylic acids is 1. The first-order chi connectivity index (χ1) is 10.9. The van der Waals surface area contributed by atoms with E-state index >= 15 is 0 Å². The van der Waals surface area contributed by atoms with E-state index in [0.29, 0.717) is 18.7 Å². The first kappa shape index (κ1) is 17.2. The summed E-state index contributed by atoms with van der Waals surface area (Å²) in [6.07, 6.45) is 0.142. The highest BCUT2D eigenvalue weighted by atomic mass is 16.3. The fourth-order valence-electron chi connectivity index (χ4n) is 2.29. The molecule has 2 rings (SSSR count). The van der Waals surface area contributed by atoms with Crippen molar-refractivity contribution >= 4 is 5.91 Å². The molecule has 0 aliphatic heterocycles. The zero-order chi connectivity index (χ0) is 17.0. The van der Waals surface area contributed by atoms with Gasteiger partial charge >= 0.3 is 0 Å². The Hall–Kier alpha value is -2.14. The first-order valence-electron chi connectivity index (χ1n) is 7.98. The molecule has 5 nitrogen and oxygen atoms in total. The van der Waals surface area contributed by atoms with Gasteiger partial charge in [0.1, 0.15) is 0 Å². The lowest BCUT2D eigenvalue weighted by Gasteiger charge is -2.14. The van der Waals surface area contributed by atoms with Crippen LogP contribution in [-0.4, -0.2) is 33.4 Å². The summed E-state index contributed by atoms with van der Waals surface area (Å²) in [6.45, 7) is 8.31. The molecule has 1 amide bonds. The van der Waals surface area contributed by atoms with Crippen molar-refractivity contribution in [3.63, 3.8) is 0 Å². The zero-order valence-corrected chi connectivity index (χ0v) is 14.2. The van der Waals surface area contributed by atoms with Gasteiger partial charge in [-0.2, -0.15) is 5.10 Å². The minimum atomic E-state index is -0.401. The van der Waals surface area contributed by atoms with Crippen LogP contribution in [0.15, 0.2) is 30.3 Å². The van der Waals surface area contributed by atoms with Gasteiger partial charge in [-0.05, 0) is 44.4 Å². The van der Waals surface area contributed by atoms with Crippen molar-refractivity contribution in [2.24, 2.45) is 5.92 Å². The van der Waals surface area contributed by atoms with Crippen LogP contribution in [0.4, 0.5) is 0 Å². The van der Waals surface area contributed by atoms with Crippen molar-refractivity contribution < 1.29 is 9.90 Å². The lowest BCUT2D eigenvalue weighted by molar-refractivity contribution is 0.0915. The van der Waals surface area contributed by atoms with Crippen molar-refractivity contribution in [2.75, 3.05) is 6.54 Å². The van der Waals surface area contributed by atoms with Crippen LogP contribution in [-0.2, 0) is 0 Å². The zero-order valence-electron chi connectivity index (χ0n) is 14.2. The number of aryl methyl sites for hydroxylation is 2. The summed E-state index contributed by atoms with van der Waals surface area (Å²) in [7, 11) is 0. The van der Waals surface area contributed by atoms with E-state index in [1.807, 2.05) is 52.0 Å². The SMILES string of the molecule is Cc1ccc(-n2nc(C(=O)NCCC(O)C(C)C)cc2C)cc1. The minimum Gasteiger partial charge on any atom is -0.393 e. The second-order valence-electron chi connectivity index (χ2n) is 6.27. The molecule has 1 unspecified atom stereocenters. The van der Waals surface area contributed by atoms with Crippen LogP contribution in [0.25, 0.3) is 5.69 Å². The predicted octanol–water partition coefficient (Wildman–Crippen LogP) is 2.63. The van der Waals surface area contributed by atoms with Gasteiger partial charge in [0, 0.05) is 12.2 Å². The van der Waals surface area contributed by atoms with Gasteiger partial charge in [0.2, 0.25) is 0 Å². The fraction of sp³-hybridized carbons (Fsp3) is 0.444. The standard InChI is InChI=1S/C18H25N3O2/c1-12(2)17(22)9-10-19-18(23)16-11-14(4)21(20-16)15-7-5-13(3)6-8-15/h5-8,11-12,17,22H,9-10H2,1-4H3,(H,19,23). The van der Waals surface area contributed by atoms with Crippen LogP contribution in [0.2, 0.25) is 0 Å². The number of aliphatic hydroxyl groups excluding tert-OH is 1. The first-order valence-corrected chi connectivity index (χ1v) is 7.98. The Morgan fingerprint density at radius 3 is 2.52 bits per heavy atom. The van der Waals surface area contributed by atoms with E-state index in [-0.39, 0.29) is 11.8 Å². The topological polar surface area (TPSA) is 67.2 Å². The number of hydrogen-bond donors (Lipinski definition) is 2. The number of hydrogen-bond acceptors (Lipinski definition) is 3. The van der Waals surface area contributed by atoms with Gasteiger partial charge in [0.05, 0.1) is 11.8 Å². The van der Waals surface area contributed by atoms with Crippen molar-refractivity contribution in [3.8, 4) is 5.69 Å². The third-order valence-corrected chi connectivity index (χ3v) is 3.89. The monoisotopic (exact) mass is 315 g/mol. The predicted molar refractivity (Wildman–Crippen MR) is 90.8 cm³/mol. The van der Waals surface area contributed by atoms with Crippen LogP contribution in [0.5, 0.6) is 0 Å². The van der Waals surface area contributed by atoms with Crippen molar-refractivity contribution in [2.45, 2.75) is 40.2 Å². The Kier molecular flexibility index (Phi) is 5.55. The minimum absolute atomic E-state index is 0.190. The second-order valence-corrected chi connectivity index (χ2v) is 6.27. The van der Waals surface area contributed by atoms with Crippen LogP contribution < -0.4 is 5.32 Å². The van der Waals surface area contributed by atoms with Crippen LogP contribution >= 0.6 is 0 Å². The Morgan fingerprint density at radius 2 is 1.91 bits per heavy atom. The Labute approximate surface area is 137 Å². The van der Waals surface area contributed by atoms with Crippen molar-refractivity contribution in [1.82, 2.24) is 15.1 Å². The molecule has 0 radical (unpaired) electrons. The highest BCUT2D eigenvalue weighted by molar-refractivity contribution is 5.92. The number of aromatic nitrogens is 2. The number of aliphatic hydroxyl groups is 1. The Balaban J connectivity index is 2.02. The molecule has 23 heavy (non-hydrogen) atoms. The summed E-state index contributed by atoms with van der Waals surface area (Å²) < 4.78 is 1.76. The second kappa shape index (κ2) is 7.42. The summed E-state index contributed by atoms with van der Waals surface area (Å²) in [4.78, 5) is 12.2. The molecule has 0 aliphatic rings. The molecule has 1 atom stereocenters. The molecule has 1 aromatic heterocycles. The van der Waals surface area contributed by atoms with E-state index in [4.69, 9.17) is 0 Å². The number of benzene rings is 1. The summed E-state index contributed by atoms with van der Waals surface area (Å²) >= 11 is 0. The molecule has 2 aromatic rings. The highest BCUT2D eigenvalue weighted by Crippen LogP contribution is 2.13. The van der Waals surface area contributed by atoms with E-state index in [0.717, 1.165) is 11.4 Å². The molecule has 124 valence electrons. The van der Waals surface area contributed by atoms with Gasteiger partial charge < -0.3 is 10.4 Å². The number of amides is 1. The molecule has 0 aliphatic carbocycles. The summed E-state index contributed by atoms with van der Waals surface area (Å²) in [5.41, 5.74) is 3.41. The average Bonchev–Trinajstić information content (AvgIpc) is 2.89. The van der Waals surface area contributed by atoms with Crippen LogP contribution in [0.1, 0.15) is 42.0 Å². The molecular weight excluding hydrogens is 290 g/mol. The molecule has 0 saturated carbocycles. The smallest absolute Gasteiger partial charge is 0.271 e. The quantitative estimate of drug-likeness (QED) is 0.861. The molecule has 2 N–H and O–H groups in total. The fourth-order valence-corrected chi connectivity index (χ4v) is 2.29. The van der Waals surface area contributed by atoms with Crippen LogP contribution in [0, 0.1) is 19.8 Å². The third kappa shape index (κ3) is 4.42. The number of nitrogens with zero attached hydrogens (tertiary/aromatic N) is 2. The largest absolute Gasteiger partial charge is 0.393 e. The van der Waals surface area contributed by atoms with E-state index < -0.39 is 6.10 Å². The maximum absolute atomic E-state index is 12.2. The molecular formula is C18H25N3O2. The van der Waals surface area contributed by atoms with Gasteiger partial charge in [-0.1, -0.05) is 31.5 Å². The third-order valence-electron chi connectivity index (χ3n) is 3.89. The molecule has 0 fully saturated rings. The normalized spacial score (nSPS) is 12.4. The van der Waals surface area contributed by atoms with Crippen molar-refractivity contribution in [3.05, 3.63) is 47.3 Å². The van der Waals surface area contributed by atoms with Gasteiger partial charge in [-0.25, -0.2) is 4.68 Å². The van der Waals surface area contributed by atoms with Gasteiger partial charge in [0.15, 0.2) is 5.69 Å². The van der Waals surface area contributed by atoms with Gasteiger partial charge in [-0.15, -0.1) is 0 Å². The Bertz CT molecular complexity index is 659. The molecule has 0 bridgehead atoms. The molecule has 1 heterocycles. The molecule has 5 heteroatoms. The number of rotatable bonds is 6. The molecule has 0 saturated heterocycles. The maximum Gasteiger partial charge on any atom is 0.271 e. The van der Waals surface area contributed by atoms with Crippen molar-refractivity contribution in [1.29, 1.82) is 0 Å². The van der Waals surface area contributed by atoms with Gasteiger partial charge in [0.25, 0.3) is 5.91 Å². The van der Waals surface area contributed by atoms with E-state index in [9.17, 15) is 9.90 Å². The number of carbonyl (C=O) groups is 1. The summed E-state index contributed by atoms with van der Waals surface area (Å²) in [5.74, 6) is -0.0233. The maximum atomic E-state index is 12.2. The van der Waals surface area contributed by atoms with E-state index in [1.54, 1.807) is 10.7 Å². The van der Waals surface area contributed by atoms with E-state index in [1.165, 1.54) is 5.56 Å². The molecule has 0 spiro atoms. The number of nitrogens with one attached hydrogen (secondary N) is 1.